The number of rotatable bonds is 5. The highest BCUT2D eigenvalue weighted by Crippen LogP contribution is 2.31. The Kier molecular flexibility index (Phi) is 5.27. The van der Waals surface area contributed by atoms with Gasteiger partial charge in [-0.05, 0) is 41.2 Å². The fourth-order valence-electron chi connectivity index (χ4n) is 2.68. The normalized spacial score (nSPS) is 12.7. The maximum absolute atomic E-state index is 13.6. The number of benzene rings is 2. The van der Waals surface area contributed by atoms with Crippen LogP contribution in [0.2, 0.25) is 0 Å². The minimum absolute atomic E-state index is 0.0382. The number of methoxy groups -OCH3 is 1. The summed E-state index contributed by atoms with van der Waals surface area (Å²) in [7, 11) is 1.45. The Hall–Kier alpha value is -2.36. The predicted octanol–water partition coefficient (Wildman–Crippen LogP) is 4.54. The van der Waals surface area contributed by atoms with Gasteiger partial charge in [0.15, 0.2) is 0 Å². The maximum Gasteiger partial charge on any atom is 0.311 e. The van der Waals surface area contributed by atoms with Gasteiger partial charge in [-0.2, -0.15) is 0 Å². The number of aliphatic carboxylic acids is 1. The lowest BCUT2D eigenvalue weighted by Gasteiger charge is -2.20. The topological polar surface area (TPSA) is 46.5 Å². The molecule has 0 saturated heterocycles. The first-order valence-electron chi connectivity index (χ1n) is 7.88. The van der Waals surface area contributed by atoms with E-state index < -0.39 is 17.7 Å². The standard InChI is InChI=1S/C20H23FO3/c1-20(2,3)14-7-5-13(6-8-14)11-17(19(22)23)16-12-15(21)9-10-18(16)24-4/h5-10,12,17H,11H2,1-4H3,(H,22,23). The Bertz CT molecular complexity index is 715. The number of ether oxygens (including phenoxy) is 1. The molecule has 0 amide bonds. The quantitative estimate of drug-likeness (QED) is 0.875. The van der Waals surface area contributed by atoms with Crippen LogP contribution >= 0.6 is 0 Å². The third kappa shape index (κ3) is 4.13. The van der Waals surface area contributed by atoms with Crippen LogP contribution in [-0.2, 0) is 16.6 Å². The third-order valence-corrected chi connectivity index (χ3v) is 4.13. The monoisotopic (exact) mass is 330 g/mol. The van der Waals surface area contributed by atoms with Crippen molar-refractivity contribution in [3.63, 3.8) is 0 Å². The molecule has 3 nitrogen and oxygen atoms in total. The Labute approximate surface area is 142 Å². The van der Waals surface area contributed by atoms with Crippen molar-refractivity contribution in [2.45, 2.75) is 38.5 Å². The molecule has 0 heterocycles. The zero-order valence-corrected chi connectivity index (χ0v) is 14.5. The summed E-state index contributed by atoms with van der Waals surface area (Å²) in [4.78, 5) is 11.7. The molecule has 4 heteroatoms. The highest BCUT2D eigenvalue weighted by molar-refractivity contribution is 5.77. The second-order valence-corrected chi connectivity index (χ2v) is 6.93. The molecule has 1 atom stereocenters. The molecule has 0 aliphatic rings. The molecule has 0 aliphatic carbocycles. The smallest absolute Gasteiger partial charge is 0.311 e. The molecule has 2 aromatic carbocycles. The molecule has 0 radical (unpaired) electrons. The Balaban J connectivity index is 2.33. The molecular weight excluding hydrogens is 307 g/mol. The molecule has 2 rings (SSSR count). The van der Waals surface area contributed by atoms with Crippen molar-refractivity contribution in [2.75, 3.05) is 7.11 Å². The number of halogens is 1. The molecular formula is C20H23FO3. The van der Waals surface area contributed by atoms with E-state index >= 15 is 0 Å². The molecule has 1 N–H and O–H groups in total. The largest absolute Gasteiger partial charge is 0.496 e. The third-order valence-electron chi connectivity index (χ3n) is 4.13. The molecule has 0 fully saturated rings. The molecule has 24 heavy (non-hydrogen) atoms. The van der Waals surface area contributed by atoms with Gasteiger partial charge in [0.25, 0.3) is 0 Å². The summed E-state index contributed by atoms with van der Waals surface area (Å²) in [5, 5.41) is 9.60. The molecule has 0 saturated carbocycles. The maximum atomic E-state index is 13.6. The molecule has 0 aliphatic heterocycles. The minimum atomic E-state index is -1.00. The number of carboxylic acids is 1. The second-order valence-electron chi connectivity index (χ2n) is 6.93. The fraction of sp³-hybridized carbons (Fsp3) is 0.350. The number of carboxylic acid groups (broad SMARTS) is 1. The Morgan fingerprint density at radius 1 is 1.17 bits per heavy atom. The van der Waals surface area contributed by atoms with Crippen molar-refractivity contribution in [3.05, 3.63) is 65.0 Å². The lowest BCUT2D eigenvalue weighted by Crippen LogP contribution is -2.16. The van der Waals surface area contributed by atoms with Gasteiger partial charge in [0.05, 0.1) is 13.0 Å². The van der Waals surface area contributed by atoms with E-state index in [4.69, 9.17) is 4.74 Å². The van der Waals surface area contributed by atoms with E-state index in [2.05, 4.69) is 20.8 Å². The predicted molar refractivity (Wildman–Crippen MR) is 92.2 cm³/mol. The lowest BCUT2D eigenvalue weighted by molar-refractivity contribution is -0.138. The van der Waals surface area contributed by atoms with Crippen LogP contribution in [0.25, 0.3) is 0 Å². The van der Waals surface area contributed by atoms with E-state index in [-0.39, 0.29) is 11.8 Å². The van der Waals surface area contributed by atoms with Gasteiger partial charge in [-0.3, -0.25) is 4.79 Å². The van der Waals surface area contributed by atoms with Crippen molar-refractivity contribution in [1.29, 1.82) is 0 Å². The first-order valence-corrected chi connectivity index (χ1v) is 7.88. The van der Waals surface area contributed by atoms with E-state index in [9.17, 15) is 14.3 Å². The first-order chi connectivity index (χ1) is 11.2. The highest BCUT2D eigenvalue weighted by Gasteiger charge is 2.25. The van der Waals surface area contributed by atoms with Gasteiger partial charge in [0, 0.05) is 5.56 Å². The SMILES string of the molecule is COc1ccc(F)cc1C(Cc1ccc(C(C)(C)C)cc1)C(=O)O. The molecule has 0 spiro atoms. The van der Waals surface area contributed by atoms with Gasteiger partial charge in [0.1, 0.15) is 11.6 Å². The number of hydrogen-bond donors (Lipinski definition) is 1. The van der Waals surface area contributed by atoms with Crippen molar-refractivity contribution in [2.24, 2.45) is 0 Å². The summed E-state index contributed by atoms with van der Waals surface area (Å²) in [5.74, 6) is -1.95. The van der Waals surface area contributed by atoms with Gasteiger partial charge in [0.2, 0.25) is 0 Å². The van der Waals surface area contributed by atoms with Gasteiger partial charge in [-0.1, -0.05) is 45.0 Å². The summed E-state index contributed by atoms with van der Waals surface area (Å²) in [6.07, 6.45) is 0.277. The van der Waals surface area contributed by atoms with Crippen molar-refractivity contribution < 1.29 is 19.0 Å². The first kappa shape index (κ1) is 18.0. The highest BCUT2D eigenvalue weighted by atomic mass is 19.1. The fourth-order valence-corrected chi connectivity index (χ4v) is 2.68. The van der Waals surface area contributed by atoms with E-state index in [0.29, 0.717) is 11.3 Å². The summed E-state index contributed by atoms with van der Waals surface area (Å²) in [6, 6.07) is 11.8. The Morgan fingerprint density at radius 3 is 2.29 bits per heavy atom. The van der Waals surface area contributed by atoms with Gasteiger partial charge in [-0.15, -0.1) is 0 Å². The van der Waals surface area contributed by atoms with E-state index in [1.165, 1.54) is 30.9 Å². The van der Waals surface area contributed by atoms with Crippen LogP contribution in [0.4, 0.5) is 4.39 Å². The lowest BCUT2D eigenvalue weighted by atomic mass is 9.85. The van der Waals surface area contributed by atoms with Crippen LogP contribution in [0.15, 0.2) is 42.5 Å². The molecule has 2 aromatic rings. The van der Waals surface area contributed by atoms with Crippen LogP contribution in [0.1, 0.15) is 43.4 Å². The van der Waals surface area contributed by atoms with Crippen LogP contribution < -0.4 is 4.74 Å². The number of hydrogen-bond acceptors (Lipinski definition) is 2. The zero-order valence-electron chi connectivity index (χ0n) is 14.5. The molecule has 0 bridgehead atoms. The minimum Gasteiger partial charge on any atom is -0.496 e. The van der Waals surface area contributed by atoms with E-state index in [1.54, 1.807) is 0 Å². The van der Waals surface area contributed by atoms with Crippen molar-refractivity contribution >= 4 is 5.97 Å². The van der Waals surface area contributed by atoms with Crippen LogP contribution in [0.3, 0.4) is 0 Å². The average molecular weight is 330 g/mol. The second kappa shape index (κ2) is 7.04. The van der Waals surface area contributed by atoms with Crippen LogP contribution in [0, 0.1) is 5.82 Å². The van der Waals surface area contributed by atoms with Gasteiger partial charge in [-0.25, -0.2) is 4.39 Å². The van der Waals surface area contributed by atoms with E-state index in [0.717, 1.165) is 5.56 Å². The van der Waals surface area contributed by atoms with Gasteiger partial charge < -0.3 is 9.84 Å². The van der Waals surface area contributed by atoms with Crippen molar-refractivity contribution in [3.8, 4) is 5.75 Å². The summed E-state index contributed by atoms with van der Waals surface area (Å²) in [5.41, 5.74) is 2.46. The number of carbonyl (C=O) groups is 1. The van der Waals surface area contributed by atoms with Crippen LogP contribution in [-0.4, -0.2) is 18.2 Å². The van der Waals surface area contributed by atoms with Crippen LogP contribution in [0.5, 0.6) is 5.75 Å². The summed E-state index contributed by atoms with van der Waals surface area (Å²) >= 11 is 0. The van der Waals surface area contributed by atoms with Crippen molar-refractivity contribution in [1.82, 2.24) is 0 Å². The Morgan fingerprint density at radius 2 is 1.79 bits per heavy atom. The van der Waals surface area contributed by atoms with Gasteiger partial charge >= 0.3 is 5.97 Å². The molecule has 0 aromatic heterocycles. The van der Waals surface area contributed by atoms with E-state index in [1.807, 2.05) is 24.3 Å². The molecule has 128 valence electrons. The molecule has 1 unspecified atom stereocenters. The average Bonchev–Trinajstić information content (AvgIpc) is 2.52. The summed E-state index contributed by atoms with van der Waals surface area (Å²) in [6.45, 7) is 6.37. The summed E-state index contributed by atoms with van der Waals surface area (Å²) < 4.78 is 18.8. The zero-order chi connectivity index (χ0) is 17.9.